The Kier molecular flexibility index (Phi) is 9.05. The van der Waals surface area contributed by atoms with Crippen molar-refractivity contribution in [1.82, 2.24) is 0 Å². The first-order valence-electron chi connectivity index (χ1n) is 11.7. The maximum Gasteiger partial charge on any atom is 0.303 e. The van der Waals surface area contributed by atoms with Crippen LogP contribution in [0.2, 0.25) is 0 Å². The lowest BCUT2D eigenvalue weighted by Gasteiger charge is -2.30. The van der Waals surface area contributed by atoms with E-state index < -0.39 is 17.9 Å². The number of fused-ring (bicyclic) bond motifs is 2. The lowest BCUT2D eigenvalue weighted by atomic mass is 9.90. The van der Waals surface area contributed by atoms with E-state index in [0.29, 0.717) is 25.9 Å². The Hall–Kier alpha value is -1.99. The van der Waals surface area contributed by atoms with E-state index in [2.05, 4.69) is 6.92 Å². The molecule has 0 amide bonds. The second-order valence-corrected chi connectivity index (χ2v) is 8.95. The van der Waals surface area contributed by atoms with Gasteiger partial charge in [0.2, 0.25) is 0 Å². The van der Waals surface area contributed by atoms with E-state index >= 15 is 0 Å². The summed E-state index contributed by atoms with van der Waals surface area (Å²) in [5, 5.41) is 30.4. The van der Waals surface area contributed by atoms with Gasteiger partial charge in [0.25, 0.3) is 0 Å². The van der Waals surface area contributed by atoms with Gasteiger partial charge in [0.15, 0.2) is 5.79 Å². The molecule has 1 aromatic carbocycles. The number of aliphatic hydroxyl groups excluding tert-OH is 1. The largest absolute Gasteiger partial charge is 0.481 e. The summed E-state index contributed by atoms with van der Waals surface area (Å²) < 4.78 is 11.8. The lowest BCUT2D eigenvalue weighted by Crippen LogP contribution is -2.37. The molecule has 32 heavy (non-hydrogen) atoms. The normalized spacial score (nSPS) is 29.5. The molecule has 0 saturated heterocycles. The molecule has 0 radical (unpaired) electrons. The van der Waals surface area contributed by atoms with Crippen molar-refractivity contribution in [1.29, 1.82) is 0 Å². The number of carboxylic acid groups (broad SMARTS) is 1. The highest BCUT2D eigenvalue weighted by atomic mass is 16.6. The molecule has 3 rings (SSSR count). The monoisotopic (exact) mass is 444 g/mol. The van der Waals surface area contributed by atoms with Gasteiger partial charge in [0, 0.05) is 31.8 Å². The quantitative estimate of drug-likeness (QED) is 0.333. The number of allylic oxidation sites excluding steroid dienone is 2. The molecule has 3 N–H and O–H groups in total. The first-order valence-corrected chi connectivity index (χ1v) is 11.7. The molecule has 6 heteroatoms. The van der Waals surface area contributed by atoms with Crippen molar-refractivity contribution in [2.24, 2.45) is 11.8 Å². The molecule has 0 aromatic heterocycles. The molecule has 1 aliphatic carbocycles. The van der Waals surface area contributed by atoms with Crippen LogP contribution in [0.4, 0.5) is 0 Å². The Morgan fingerprint density at radius 1 is 1.31 bits per heavy atom. The second kappa shape index (κ2) is 11.8. The Labute approximate surface area is 190 Å². The minimum absolute atomic E-state index is 0.0635. The molecule has 0 spiro atoms. The molecule has 1 saturated carbocycles. The van der Waals surface area contributed by atoms with E-state index in [1.165, 1.54) is 0 Å². The van der Waals surface area contributed by atoms with Crippen LogP contribution in [0.25, 0.3) is 0 Å². The van der Waals surface area contributed by atoms with Crippen molar-refractivity contribution in [3.63, 3.8) is 0 Å². The average molecular weight is 445 g/mol. The topological polar surface area (TPSA) is 96.2 Å². The van der Waals surface area contributed by atoms with E-state index in [4.69, 9.17) is 14.6 Å². The lowest BCUT2D eigenvalue weighted by molar-refractivity contribution is -0.202. The van der Waals surface area contributed by atoms with E-state index in [0.717, 1.165) is 37.0 Å². The number of unbranched alkanes of at least 4 members (excludes halogenated alkanes) is 1. The van der Waals surface area contributed by atoms with Crippen LogP contribution in [0.5, 0.6) is 0 Å². The Morgan fingerprint density at radius 3 is 2.91 bits per heavy atom. The van der Waals surface area contributed by atoms with Gasteiger partial charge < -0.3 is 24.8 Å². The molecule has 1 fully saturated rings. The fraction of sp³-hybridized carbons (Fsp3) is 0.577. The standard InChI is InChI=1S/C26H36O6/c1-2-14-31-18-20-9-7-8-19(15-20)17-26(30)13-12-21-22(24(32-26)16-23(21)27)10-5-3-4-6-11-25(28)29/h3,5,7-9,12-13,15,21-24,27,30H,2,4,6,10-11,14,16-18H2,1H3,(H,28,29)/t21-,22-,23+,24?,26?/m1/s1. The molecular weight excluding hydrogens is 408 g/mol. The SMILES string of the molecule is CCCOCc1cccc(CC2(O)C=C[C@H]3[C@@H](O)CC(O2)[C@@H]3CC=CCCCC(=O)O)c1. The summed E-state index contributed by atoms with van der Waals surface area (Å²) in [5.74, 6) is -2.17. The molecule has 5 atom stereocenters. The van der Waals surface area contributed by atoms with Crippen molar-refractivity contribution >= 4 is 5.97 Å². The zero-order valence-corrected chi connectivity index (χ0v) is 18.9. The van der Waals surface area contributed by atoms with E-state index in [1.807, 2.05) is 42.5 Å². The number of hydrogen-bond acceptors (Lipinski definition) is 5. The highest BCUT2D eigenvalue weighted by molar-refractivity contribution is 5.66. The summed E-state index contributed by atoms with van der Waals surface area (Å²) in [6.07, 6.45) is 11.0. The van der Waals surface area contributed by atoms with E-state index in [1.54, 1.807) is 6.08 Å². The van der Waals surface area contributed by atoms with Gasteiger partial charge in [-0.05, 0) is 48.8 Å². The van der Waals surface area contributed by atoms with Gasteiger partial charge in [-0.15, -0.1) is 0 Å². The summed E-state index contributed by atoms with van der Waals surface area (Å²) >= 11 is 0. The third-order valence-electron chi connectivity index (χ3n) is 6.23. The van der Waals surface area contributed by atoms with Gasteiger partial charge in [-0.2, -0.15) is 0 Å². The number of carboxylic acids is 1. The maximum atomic E-state index is 11.2. The number of benzene rings is 1. The summed E-state index contributed by atoms with van der Waals surface area (Å²) in [6.45, 7) is 3.35. The summed E-state index contributed by atoms with van der Waals surface area (Å²) in [7, 11) is 0. The van der Waals surface area contributed by atoms with Crippen LogP contribution < -0.4 is 0 Å². The van der Waals surface area contributed by atoms with Gasteiger partial charge in [0.05, 0.1) is 18.8 Å². The summed E-state index contributed by atoms with van der Waals surface area (Å²) in [5.41, 5.74) is 2.04. The molecule has 1 aliphatic heterocycles. The zero-order chi connectivity index (χ0) is 23.0. The second-order valence-electron chi connectivity index (χ2n) is 8.95. The molecule has 2 unspecified atom stereocenters. The predicted molar refractivity (Wildman–Crippen MR) is 122 cm³/mol. The third-order valence-corrected chi connectivity index (χ3v) is 6.23. The highest BCUT2D eigenvalue weighted by Gasteiger charge is 2.47. The van der Waals surface area contributed by atoms with Gasteiger partial charge in [0.1, 0.15) is 0 Å². The van der Waals surface area contributed by atoms with Crippen LogP contribution >= 0.6 is 0 Å². The zero-order valence-electron chi connectivity index (χ0n) is 18.9. The fourth-order valence-electron chi connectivity index (χ4n) is 4.68. The molecule has 1 heterocycles. The Morgan fingerprint density at radius 2 is 2.12 bits per heavy atom. The van der Waals surface area contributed by atoms with E-state index in [-0.39, 0.29) is 24.4 Å². The van der Waals surface area contributed by atoms with Gasteiger partial charge in [-0.25, -0.2) is 0 Å². The minimum Gasteiger partial charge on any atom is -0.481 e. The maximum absolute atomic E-state index is 11.2. The van der Waals surface area contributed by atoms with Gasteiger partial charge >= 0.3 is 5.97 Å². The van der Waals surface area contributed by atoms with Crippen molar-refractivity contribution in [2.45, 2.75) is 76.5 Å². The molecule has 2 bridgehead atoms. The Balaban J connectivity index is 1.61. The van der Waals surface area contributed by atoms with Crippen LogP contribution in [0.3, 0.4) is 0 Å². The van der Waals surface area contributed by atoms with Crippen molar-refractivity contribution < 1.29 is 29.6 Å². The first kappa shape index (κ1) is 24.6. The summed E-state index contributed by atoms with van der Waals surface area (Å²) in [4.78, 5) is 10.6. The minimum atomic E-state index is -1.41. The van der Waals surface area contributed by atoms with Crippen molar-refractivity contribution in [2.75, 3.05) is 6.61 Å². The Bertz CT molecular complexity index is 803. The van der Waals surface area contributed by atoms with Gasteiger partial charge in [-0.1, -0.05) is 49.4 Å². The van der Waals surface area contributed by atoms with Crippen molar-refractivity contribution in [3.8, 4) is 0 Å². The number of ether oxygens (including phenoxy) is 2. The molecule has 6 nitrogen and oxygen atoms in total. The molecule has 1 aromatic rings. The average Bonchev–Trinajstić information content (AvgIpc) is 2.94. The number of carbonyl (C=O) groups is 1. The van der Waals surface area contributed by atoms with Crippen LogP contribution in [0.15, 0.2) is 48.6 Å². The summed E-state index contributed by atoms with van der Waals surface area (Å²) in [6, 6.07) is 8.01. The predicted octanol–water partition coefficient (Wildman–Crippen LogP) is 4.00. The number of aliphatic carboxylic acids is 1. The van der Waals surface area contributed by atoms with Gasteiger partial charge in [-0.3, -0.25) is 4.79 Å². The van der Waals surface area contributed by atoms with Crippen LogP contribution in [0.1, 0.15) is 56.6 Å². The van der Waals surface area contributed by atoms with Crippen molar-refractivity contribution in [3.05, 3.63) is 59.7 Å². The smallest absolute Gasteiger partial charge is 0.303 e. The van der Waals surface area contributed by atoms with Crippen LogP contribution in [-0.4, -0.2) is 45.9 Å². The molecule has 2 aliphatic rings. The third kappa shape index (κ3) is 7.01. The number of hydrogen-bond donors (Lipinski definition) is 3. The van der Waals surface area contributed by atoms with Crippen LogP contribution in [0, 0.1) is 11.8 Å². The molecule has 176 valence electrons. The van der Waals surface area contributed by atoms with E-state index in [9.17, 15) is 15.0 Å². The molecular formula is C26H36O6. The highest BCUT2D eigenvalue weighted by Crippen LogP contribution is 2.43. The first-order chi connectivity index (χ1) is 15.4. The fourth-order valence-corrected chi connectivity index (χ4v) is 4.68. The number of rotatable bonds is 12. The van der Waals surface area contributed by atoms with Crippen LogP contribution in [-0.2, 0) is 27.3 Å². The number of aliphatic hydroxyl groups is 2.